The van der Waals surface area contributed by atoms with Gasteiger partial charge in [-0.3, -0.25) is 4.79 Å². The van der Waals surface area contributed by atoms with Crippen LogP contribution in [0.2, 0.25) is 0 Å². The summed E-state index contributed by atoms with van der Waals surface area (Å²) in [6.07, 6.45) is 0.625. The lowest BCUT2D eigenvalue weighted by Gasteiger charge is -2.18. The van der Waals surface area contributed by atoms with Crippen LogP contribution < -0.4 is 5.32 Å². The molecule has 0 spiro atoms. The maximum atomic E-state index is 12.3. The van der Waals surface area contributed by atoms with E-state index in [0.29, 0.717) is 6.42 Å². The van der Waals surface area contributed by atoms with Gasteiger partial charge in [0, 0.05) is 6.42 Å². The molecule has 0 bridgehead atoms. The van der Waals surface area contributed by atoms with E-state index in [9.17, 15) is 9.59 Å². The molecule has 146 valence electrons. The average molecular weight is 371 g/mol. The van der Waals surface area contributed by atoms with Crippen LogP contribution >= 0.6 is 0 Å². The molecule has 0 saturated heterocycles. The molecule has 5 heteroatoms. The Morgan fingerprint density at radius 3 is 2.11 bits per heavy atom. The molecule has 1 heterocycles. The first-order valence-electron chi connectivity index (χ1n) is 9.29. The maximum absolute atomic E-state index is 12.3. The molecule has 0 aliphatic heterocycles. The lowest BCUT2D eigenvalue weighted by molar-refractivity contribution is -0.144. The van der Waals surface area contributed by atoms with E-state index in [1.807, 2.05) is 6.07 Å². The number of ether oxygens (including phenoxy) is 1. The summed E-state index contributed by atoms with van der Waals surface area (Å²) in [5.41, 5.74) is 7.66. The first-order valence-corrected chi connectivity index (χ1v) is 9.29. The molecular formula is C22H29NO4. The Bertz CT molecular complexity index is 834. The van der Waals surface area contributed by atoms with Crippen LogP contribution in [0, 0.1) is 34.6 Å². The molecule has 0 saturated carbocycles. The monoisotopic (exact) mass is 371 g/mol. The number of nitrogens with one attached hydrogen (secondary N) is 1. The number of hydrogen-bond acceptors (Lipinski definition) is 4. The summed E-state index contributed by atoms with van der Waals surface area (Å²) < 4.78 is 10.6. The second-order valence-corrected chi connectivity index (χ2v) is 6.99. The number of esters is 1. The SMILES string of the molecule is CCOC(=O)C(C)NC(=O)c1ccc(Cc2c(C)c(C)c(C)c(C)c2C)o1. The Labute approximate surface area is 161 Å². The van der Waals surface area contributed by atoms with Crippen molar-refractivity contribution < 1.29 is 18.7 Å². The number of benzene rings is 1. The van der Waals surface area contributed by atoms with E-state index in [4.69, 9.17) is 9.15 Å². The van der Waals surface area contributed by atoms with Crippen molar-refractivity contribution in [1.29, 1.82) is 0 Å². The van der Waals surface area contributed by atoms with E-state index >= 15 is 0 Å². The van der Waals surface area contributed by atoms with Gasteiger partial charge < -0.3 is 14.5 Å². The van der Waals surface area contributed by atoms with Crippen LogP contribution in [0.3, 0.4) is 0 Å². The van der Waals surface area contributed by atoms with Crippen LogP contribution in [0.25, 0.3) is 0 Å². The maximum Gasteiger partial charge on any atom is 0.328 e. The summed E-state index contributed by atoms with van der Waals surface area (Å²) >= 11 is 0. The third-order valence-electron chi connectivity index (χ3n) is 5.38. The number of furan rings is 1. The Morgan fingerprint density at radius 1 is 1.00 bits per heavy atom. The lowest BCUT2D eigenvalue weighted by Crippen LogP contribution is -2.39. The Kier molecular flexibility index (Phi) is 6.47. The highest BCUT2D eigenvalue weighted by atomic mass is 16.5. The van der Waals surface area contributed by atoms with Gasteiger partial charge >= 0.3 is 5.97 Å². The average Bonchev–Trinajstić information content (AvgIpc) is 3.11. The molecule has 1 atom stereocenters. The summed E-state index contributed by atoms with van der Waals surface area (Å²) in [6, 6.07) is 2.73. The molecule has 27 heavy (non-hydrogen) atoms. The molecule has 2 rings (SSSR count). The van der Waals surface area contributed by atoms with Crippen LogP contribution in [-0.2, 0) is 16.0 Å². The van der Waals surface area contributed by atoms with E-state index in [1.54, 1.807) is 19.9 Å². The number of hydrogen-bond donors (Lipinski definition) is 1. The number of carbonyl (C=O) groups is 2. The fourth-order valence-electron chi connectivity index (χ4n) is 3.21. The Morgan fingerprint density at radius 2 is 1.56 bits per heavy atom. The van der Waals surface area contributed by atoms with Crippen LogP contribution in [0.4, 0.5) is 0 Å². The summed E-state index contributed by atoms with van der Waals surface area (Å²) in [6.45, 7) is 14.3. The van der Waals surface area contributed by atoms with Crippen molar-refractivity contribution in [2.24, 2.45) is 0 Å². The topological polar surface area (TPSA) is 68.5 Å². The Hall–Kier alpha value is -2.56. The minimum atomic E-state index is -0.724. The van der Waals surface area contributed by atoms with Gasteiger partial charge in [-0.2, -0.15) is 0 Å². The largest absolute Gasteiger partial charge is 0.464 e. The number of rotatable bonds is 6. The van der Waals surface area contributed by atoms with E-state index < -0.39 is 17.9 Å². The zero-order chi connectivity index (χ0) is 20.3. The highest BCUT2D eigenvalue weighted by Gasteiger charge is 2.20. The number of amides is 1. The van der Waals surface area contributed by atoms with E-state index in [1.165, 1.54) is 33.4 Å². The van der Waals surface area contributed by atoms with Crippen molar-refractivity contribution in [3.63, 3.8) is 0 Å². The van der Waals surface area contributed by atoms with Crippen molar-refractivity contribution in [3.8, 4) is 0 Å². The van der Waals surface area contributed by atoms with Crippen LogP contribution in [-0.4, -0.2) is 24.5 Å². The predicted molar refractivity (Wildman–Crippen MR) is 105 cm³/mol. The van der Waals surface area contributed by atoms with Gasteiger partial charge in [0.05, 0.1) is 6.61 Å². The molecule has 1 N–H and O–H groups in total. The van der Waals surface area contributed by atoms with Gasteiger partial charge in [0.25, 0.3) is 5.91 Å². The van der Waals surface area contributed by atoms with Gasteiger partial charge in [-0.1, -0.05) is 0 Å². The summed E-state index contributed by atoms with van der Waals surface area (Å²) in [7, 11) is 0. The van der Waals surface area contributed by atoms with Crippen molar-refractivity contribution in [2.75, 3.05) is 6.61 Å². The summed E-state index contributed by atoms with van der Waals surface area (Å²) in [5, 5.41) is 2.60. The molecule has 0 aliphatic carbocycles. The van der Waals surface area contributed by atoms with E-state index in [0.717, 1.165) is 5.76 Å². The lowest BCUT2D eigenvalue weighted by atomic mass is 9.88. The third kappa shape index (κ3) is 4.41. The predicted octanol–water partition coefficient (Wildman–Crippen LogP) is 4.09. The van der Waals surface area contributed by atoms with Crippen molar-refractivity contribution in [1.82, 2.24) is 5.32 Å². The smallest absolute Gasteiger partial charge is 0.328 e. The standard InChI is InChI=1S/C22H29NO4/c1-8-26-22(25)17(7)23-21(24)20-10-9-18(27-20)11-19-15(5)13(3)12(2)14(4)16(19)6/h9-10,17H,8,11H2,1-7H3,(H,23,24). The fraction of sp³-hybridized carbons (Fsp3) is 0.455. The number of carbonyl (C=O) groups excluding carboxylic acids is 2. The molecular weight excluding hydrogens is 342 g/mol. The first-order chi connectivity index (χ1) is 12.7. The zero-order valence-electron chi connectivity index (χ0n) is 17.3. The summed E-state index contributed by atoms with van der Waals surface area (Å²) in [4.78, 5) is 24.0. The van der Waals surface area contributed by atoms with Crippen LogP contribution in [0.5, 0.6) is 0 Å². The third-order valence-corrected chi connectivity index (χ3v) is 5.38. The van der Waals surface area contributed by atoms with E-state index in [2.05, 4.69) is 39.9 Å². The van der Waals surface area contributed by atoms with E-state index in [-0.39, 0.29) is 12.4 Å². The molecule has 1 aromatic carbocycles. The van der Waals surface area contributed by atoms with Gasteiger partial charge in [-0.05, 0) is 94.0 Å². The molecule has 0 fully saturated rings. The van der Waals surface area contributed by atoms with Gasteiger partial charge in [0.15, 0.2) is 5.76 Å². The van der Waals surface area contributed by atoms with Crippen LogP contribution in [0.1, 0.15) is 63.5 Å². The zero-order valence-corrected chi connectivity index (χ0v) is 17.3. The quantitative estimate of drug-likeness (QED) is 0.777. The highest BCUT2D eigenvalue weighted by molar-refractivity contribution is 5.94. The molecule has 2 aromatic rings. The summed E-state index contributed by atoms with van der Waals surface area (Å²) in [5.74, 6) is 0.0239. The van der Waals surface area contributed by atoms with Crippen LogP contribution in [0.15, 0.2) is 16.5 Å². The van der Waals surface area contributed by atoms with Gasteiger partial charge in [0.1, 0.15) is 11.8 Å². The molecule has 1 unspecified atom stereocenters. The minimum absolute atomic E-state index is 0.192. The molecule has 1 amide bonds. The van der Waals surface area contributed by atoms with Crippen molar-refractivity contribution in [3.05, 3.63) is 57.0 Å². The van der Waals surface area contributed by atoms with Gasteiger partial charge in [-0.15, -0.1) is 0 Å². The van der Waals surface area contributed by atoms with Gasteiger partial charge in [0.2, 0.25) is 0 Å². The van der Waals surface area contributed by atoms with Crippen molar-refractivity contribution in [2.45, 2.75) is 60.9 Å². The Balaban J connectivity index is 2.18. The molecule has 0 radical (unpaired) electrons. The molecule has 0 aliphatic rings. The minimum Gasteiger partial charge on any atom is -0.464 e. The van der Waals surface area contributed by atoms with Gasteiger partial charge in [-0.25, -0.2) is 4.79 Å². The second kappa shape index (κ2) is 8.42. The normalized spacial score (nSPS) is 12.0. The first kappa shape index (κ1) is 20.7. The second-order valence-electron chi connectivity index (χ2n) is 6.99. The highest BCUT2D eigenvalue weighted by Crippen LogP contribution is 2.28. The van der Waals surface area contributed by atoms with Crippen molar-refractivity contribution >= 4 is 11.9 Å². The molecule has 5 nitrogen and oxygen atoms in total. The molecule has 1 aromatic heterocycles. The fourth-order valence-corrected chi connectivity index (χ4v) is 3.21.